The number of hydrogen-bond donors (Lipinski definition) is 1. The summed E-state index contributed by atoms with van der Waals surface area (Å²) < 4.78 is 0. The molecule has 0 aliphatic heterocycles. The largest absolute Gasteiger partial charge is 0.310 e. The topological polar surface area (TPSA) is 12.0 Å². The summed E-state index contributed by atoms with van der Waals surface area (Å²) in [5.41, 5.74) is 1.44. The molecule has 0 bridgehead atoms. The second kappa shape index (κ2) is 6.55. The zero-order valence-electron chi connectivity index (χ0n) is 11.1. The third-order valence-corrected chi connectivity index (χ3v) is 4.86. The standard InChI is InChI=1S/C15H25NS/c1-12(2)14-4-3-5-15(7-6-14)16-10-13-8-9-17-11-13/h8-9,11-12,14-16H,3-7,10H2,1-2H3. The van der Waals surface area contributed by atoms with E-state index in [1.807, 2.05) is 0 Å². The predicted octanol–water partition coefficient (Wildman–Crippen LogP) is 4.44. The summed E-state index contributed by atoms with van der Waals surface area (Å²) >= 11 is 1.79. The van der Waals surface area contributed by atoms with Gasteiger partial charge in [-0.25, -0.2) is 0 Å². The van der Waals surface area contributed by atoms with E-state index in [2.05, 4.69) is 36.0 Å². The maximum Gasteiger partial charge on any atom is 0.0216 e. The van der Waals surface area contributed by atoms with Crippen molar-refractivity contribution in [2.75, 3.05) is 0 Å². The van der Waals surface area contributed by atoms with Gasteiger partial charge in [0, 0.05) is 12.6 Å². The first kappa shape index (κ1) is 13.1. The molecule has 0 radical (unpaired) electrons. The smallest absolute Gasteiger partial charge is 0.0216 e. The molecule has 1 aromatic heterocycles. The molecule has 1 saturated carbocycles. The van der Waals surface area contributed by atoms with Gasteiger partial charge in [-0.2, -0.15) is 11.3 Å². The Morgan fingerprint density at radius 2 is 2.18 bits per heavy atom. The maximum atomic E-state index is 3.73. The molecule has 0 amide bonds. The molecular formula is C15H25NS. The highest BCUT2D eigenvalue weighted by molar-refractivity contribution is 7.07. The van der Waals surface area contributed by atoms with Crippen LogP contribution in [0.1, 0.15) is 51.5 Å². The lowest BCUT2D eigenvalue weighted by Crippen LogP contribution is -2.27. The van der Waals surface area contributed by atoms with Crippen molar-refractivity contribution in [1.82, 2.24) is 5.32 Å². The van der Waals surface area contributed by atoms with Gasteiger partial charge in [0.2, 0.25) is 0 Å². The second-order valence-electron chi connectivity index (χ2n) is 5.72. The molecule has 1 aliphatic rings. The Bertz CT molecular complexity index is 305. The molecule has 1 N–H and O–H groups in total. The van der Waals surface area contributed by atoms with E-state index in [1.165, 1.54) is 37.7 Å². The summed E-state index contributed by atoms with van der Waals surface area (Å²) in [5, 5.41) is 8.15. The summed E-state index contributed by atoms with van der Waals surface area (Å²) in [6.45, 7) is 5.81. The molecule has 2 unspecified atom stereocenters. The van der Waals surface area contributed by atoms with Crippen LogP contribution in [0.4, 0.5) is 0 Å². The predicted molar refractivity (Wildman–Crippen MR) is 76.4 cm³/mol. The van der Waals surface area contributed by atoms with Crippen LogP contribution in [0.25, 0.3) is 0 Å². The van der Waals surface area contributed by atoms with Gasteiger partial charge in [-0.05, 0) is 53.5 Å². The van der Waals surface area contributed by atoms with Crippen LogP contribution in [0.2, 0.25) is 0 Å². The Balaban J connectivity index is 1.75. The molecule has 0 spiro atoms. The van der Waals surface area contributed by atoms with E-state index in [4.69, 9.17) is 0 Å². The van der Waals surface area contributed by atoms with Crippen molar-refractivity contribution in [3.8, 4) is 0 Å². The third-order valence-electron chi connectivity index (χ3n) is 4.13. The molecule has 96 valence electrons. The molecule has 1 aliphatic carbocycles. The number of nitrogens with one attached hydrogen (secondary N) is 1. The van der Waals surface area contributed by atoms with E-state index in [-0.39, 0.29) is 0 Å². The van der Waals surface area contributed by atoms with Crippen LogP contribution in [-0.2, 0) is 6.54 Å². The highest BCUT2D eigenvalue weighted by Crippen LogP contribution is 2.28. The highest BCUT2D eigenvalue weighted by atomic mass is 32.1. The van der Waals surface area contributed by atoms with Gasteiger partial charge in [-0.1, -0.05) is 26.7 Å². The van der Waals surface area contributed by atoms with Gasteiger partial charge in [0.1, 0.15) is 0 Å². The van der Waals surface area contributed by atoms with Crippen LogP contribution in [0.15, 0.2) is 16.8 Å². The van der Waals surface area contributed by atoms with Crippen molar-refractivity contribution >= 4 is 11.3 Å². The lowest BCUT2D eigenvalue weighted by molar-refractivity contribution is 0.337. The number of hydrogen-bond acceptors (Lipinski definition) is 2. The van der Waals surface area contributed by atoms with E-state index in [9.17, 15) is 0 Å². The molecule has 17 heavy (non-hydrogen) atoms. The van der Waals surface area contributed by atoms with Gasteiger partial charge in [-0.3, -0.25) is 0 Å². The Hall–Kier alpha value is -0.340. The van der Waals surface area contributed by atoms with Crippen molar-refractivity contribution < 1.29 is 0 Å². The minimum absolute atomic E-state index is 0.749. The van der Waals surface area contributed by atoms with E-state index < -0.39 is 0 Å². The van der Waals surface area contributed by atoms with Gasteiger partial charge in [-0.15, -0.1) is 0 Å². The summed E-state index contributed by atoms with van der Waals surface area (Å²) in [7, 11) is 0. The first-order chi connectivity index (χ1) is 8.25. The molecule has 1 heterocycles. The molecule has 0 saturated heterocycles. The summed E-state index contributed by atoms with van der Waals surface area (Å²) in [6.07, 6.45) is 7.00. The SMILES string of the molecule is CC(C)C1CCCC(NCc2ccsc2)CC1. The summed E-state index contributed by atoms with van der Waals surface area (Å²) in [6, 6.07) is 2.98. The molecule has 1 aromatic rings. The van der Waals surface area contributed by atoms with Gasteiger partial charge < -0.3 is 5.32 Å². The van der Waals surface area contributed by atoms with Gasteiger partial charge in [0.05, 0.1) is 0 Å². The fourth-order valence-corrected chi connectivity index (χ4v) is 3.53. The Morgan fingerprint density at radius 3 is 2.88 bits per heavy atom. The second-order valence-corrected chi connectivity index (χ2v) is 6.50. The average Bonchev–Trinajstić information content (AvgIpc) is 2.70. The lowest BCUT2D eigenvalue weighted by atomic mass is 9.89. The van der Waals surface area contributed by atoms with Crippen LogP contribution in [0.5, 0.6) is 0 Å². The first-order valence-corrected chi connectivity index (χ1v) is 7.94. The quantitative estimate of drug-likeness (QED) is 0.780. The zero-order chi connectivity index (χ0) is 12.1. The molecule has 2 atom stereocenters. The van der Waals surface area contributed by atoms with Crippen LogP contribution in [-0.4, -0.2) is 6.04 Å². The van der Waals surface area contributed by atoms with Crippen molar-refractivity contribution in [2.45, 2.75) is 58.5 Å². The minimum Gasteiger partial charge on any atom is -0.310 e. The van der Waals surface area contributed by atoms with Crippen LogP contribution >= 0.6 is 11.3 Å². The van der Waals surface area contributed by atoms with Crippen molar-refractivity contribution in [2.24, 2.45) is 11.8 Å². The molecule has 1 nitrogen and oxygen atoms in total. The van der Waals surface area contributed by atoms with E-state index >= 15 is 0 Å². The molecule has 1 fully saturated rings. The molecule has 2 heteroatoms. The van der Waals surface area contributed by atoms with E-state index in [1.54, 1.807) is 11.3 Å². The summed E-state index contributed by atoms with van der Waals surface area (Å²) in [5.74, 6) is 1.83. The van der Waals surface area contributed by atoms with Crippen LogP contribution in [0, 0.1) is 11.8 Å². The Labute approximate surface area is 110 Å². The van der Waals surface area contributed by atoms with Crippen molar-refractivity contribution in [3.05, 3.63) is 22.4 Å². The molecular weight excluding hydrogens is 226 g/mol. The van der Waals surface area contributed by atoms with E-state index in [0.717, 1.165) is 24.4 Å². The van der Waals surface area contributed by atoms with Crippen molar-refractivity contribution in [1.29, 1.82) is 0 Å². The fourth-order valence-electron chi connectivity index (χ4n) is 2.86. The summed E-state index contributed by atoms with van der Waals surface area (Å²) in [4.78, 5) is 0. The average molecular weight is 251 g/mol. The monoisotopic (exact) mass is 251 g/mol. The normalized spacial score (nSPS) is 26.1. The molecule has 2 rings (SSSR count). The highest BCUT2D eigenvalue weighted by Gasteiger charge is 2.20. The van der Waals surface area contributed by atoms with Crippen molar-refractivity contribution in [3.63, 3.8) is 0 Å². The third kappa shape index (κ3) is 4.11. The van der Waals surface area contributed by atoms with E-state index in [0.29, 0.717) is 0 Å². The zero-order valence-corrected chi connectivity index (χ0v) is 11.9. The van der Waals surface area contributed by atoms with Gasteiger partial charge >= 0.3 is 0 Å². The first-order valence-electron chi connectivity index (χ1n) is 7.00. The van der Waals surface area contributed by atoms with Gasteiger partial charge in [0.25, 0.3) is 0 Å². The maximum absolute atomic E-state index is 3.73. The number of rotatable bonds is 4. The Morgan fingerprint density at radius 1 is 1.29 bits per heavy atom. The molecule has 0 aromatic carbocycles. The Kier molecular flexibility index (Phi) is 5.05. The van der Waals surface area contributed by atoms with Gasteiger partial charge in [0.15, 0.2) is 0 Å². The minimum atomic E-state index is 0.749. The fraction of sp³-hybridized carbons (Fsp3) is 0.733. The lowest BCUT2D eigenvalue weighted by Gasteiger charge is -2.19. The van der Waals surface area contributed by atoms with Crippen LogP contribution < -0.4 is 5.32 Å². The van der Waals surface area contributed by atoms with Crippen LogP contribution in [0.3, 0.4) is 0 Å². The number of thiophene rings is 1.